The zero-order chi connectivity index (χ0) is 18.0. The molecule has 0 unspecified atom stereocenters. The molecule has 0 radical (unpaired) electrons. The summed E-state index contributed by atoms with van der Waals surface area (Å²) < 4.78 is 13.2. The first-order chi connectivity index (χ1) is 12.0. The summed E-state index contributed by atoms with van der Waals surface area (Å²) in [6.45, 7) is 1.64. The second-order valence-corrected chi connectivity index (χ2v) is 5.96. The minimum Gasteiger partial charge on any atom is -0.327 e. The molecule has 2 aromatic rings. The van der Waals surface area contributed by atoms with Crippen molar-refractivity contribution in [2.75, 3.05) is 5.32 Å². The lowest BCUT2D eigenvalue weighted by Gasteiger charge is -2.28. The number of amides is 3. The number of benzene rings is 2. The molecule has 0 fully saturated rings. The maximum Gasteiger partial charge on any atom is 0.319 e. The molecule has 3 N–H and O–H groups in total. The third kappa shape index (κ3) is 3.64. The maximum absolute atomic E-state index is 13.2. The van der Waals surface area contributed by atoms with Crippen LogP contribution < -0.4 is 16.0 Å². The van der Waals surface area contributed by atoms with Crippen LogP contribution >= 0.6 is 11.6 Å². The molecule has 0 aliphatic carbocycles. The van der Waals surface area contributed by atoms with Crippen LogP contribution in [0.15, 0.2) is 59.8 Å². The molecule has 3 amide bonds. The van der Waals surface area contributed by atoms with Crippen molar-refractivity contribution in [3.05, 3.63) is 76.2 Å². The van der Waals surface area contributed by atoms with Crippen LogP contribution in [0.25, 0.3) is 0 Å². The standard InChI is InChI=1S/C18H15ClFN3O2/c1-10-15(17(24)22-14-5-3-2-4-13(14)19)16(23-18(25)21-10)11-6-8-12(20)9-7-11/h2-9,16H,1H3,(H,22,24)(H2,21,23,25)/t16-/m1/s1. The fourth-order valence-electron chi connectivity index (χ4n) is 2.65. The first-order valence-electron chi connectivity index (χ1n) is 7.55. The summed E-state index contributed by atoms with van der Waals surface area (Å²) in [4.78, 5) is 24.6. The quantitative estimate of drug-likeness (QED) is 0.781. The van der Waals surface area contributed by atoms with Gasteiger partial charge in [-0.3, -0.25) is 4.79 Å². The van der Waals surface area contributed by atoms with E-state index in [9.17, 15) is 14.0 Å². The lowest BCUT2D eigenvalue weighted by atomic mass is 9.95. The molecule has 1 atom stereocenters. The number of para-hydroxylation sites is 1. The molecule has 7 heteroatoms. The van der Waals surface area contributed by atoms with E-state index in [1.807, 2.05) is 0 Å². The summed E-state index contributed by atoms with van der Waals surface area (Å²) in [5.41, 5.74) is 1.80. The Balaban J connectivity index is 1.96. The molecule has 128 valence electrons. The molecule has 0 bridgehead atoms. The number of rotatable bonds is 3. The van der Waals surface area contributed by atoms with Crippen molar-refractivity contribution in [1.29, 1.82) is 0 Å². The smallest absolute Gasteiger partial charge is 0.319 e. The van der Waals surface area contributed by atoms with Crippen LogP contribution in [-0.4, -0.2) is 11.9 Å². The van der Waals surface area contributed by atoms with Crippen molar-refractivity contribution in [1.82, 2.24) is 10.6 Å². The molecule has 5 nitrogen and oxygen atoms in total. The number of nitrogens with one attached hydrogen (secondary N) is 3. The van der Waals surface area contributed by atoms with Crippen molar-refractivity contribution in [3.63, 3.8) is 0 Å². The summed E-state index contributed by atoms with van der Waals surface area (Å²) in [7, 11) is 0. The Kier molecular flexibility index (Phi) is 4.72. The number of carbonyl (C=O) groups excluding carboxylic acids is 2. The van der Waals surface area contributed by atoms with E-state index in [2.05, 4.69) is 16.0 Å². The van der Waals surface area contributed by atoms with Gasteiger partial charge in [0.15, 0.2) is 0 Å². The number of allylic oxidation sites excluding steroid dienone is 1. The minimum absolute atomic E-state index is 0.325. The van der Waals surface area contributed by atoms with Gasteiger partial charge in [-0.2, -0.15) is 0 Å². The van der Waals surface area contributed by atoms with E-state index < -0.39 is 23.8 Å². The van der Waals surface area contributed by atoms with Crippen LogP contribution in [0.2, 0.25) is 5.02 Å². The molecule has 1 aliphatic heterocycles. The summed E-state index contributed by atoms with van der Waals surface area (Å²) in [5, 5.41) is 8.42. The van der Waals surface area contributed by atoms with Crippen LogP contribution in [0.5, 0.6) is 0 Å². The summed E-state index contributed by atoms with van der Waals surface area (Å²) in [5.74, 6) is -0.806. The first kappa shape index (κ1) is 17.0. The molecule has 1 aliphatic rings. The third-order valence-corrected chi connectivity index (χ3v) is 4.17. The molecule has 25 heavy (non-hydrogen) atoms. The van der Waals surface area contributed by atoms with Crippen molar-refractivity contribution in [2.24, 2.45) is 0 Å². The highest BCUT2D eigenvalue weighted by Crippen LogP contribution is 2.29. The Labute approximate surface area is 148 Å². The molecule has 2 aromatic carbocycles. The molecule has 0 aromatic heterocycles. The topological polar surface area (TPSA) is 70.2 Å². The second-order valence-electron chi connectivity index (χ2n) is 5.56. The lowest BCUT2D eigenvalue weighted by Crippen LogP contribution is -2.46. The second kappa shape index (κ2) is 6.94. The Bertz CT molecular complexity index is 865. The Morgan fingerprint density at radius 2 is 1.84 bits per heavy atom. The van der Waals surface area contributed by atoms with E-state index in [-0.39, 0.29) is 0 Å². The van der Waals surface area contributed by atoms with Crippen molar-refractivity contribution in [2.45, 2.75) is 13.0 Å². The number of urea groups is 1. The van der Waals surface area contributed by atoms with Gasteiger partial charge in [0.25, 0.3) is 5.91 Å². The van der Waals surface area contributed by atoms with Gasteiger partial charge in [-0.25, -0.2) is 9.18 Å². The lowest BCUT2D eigenvalue weighted by molar-refractivity contribution is -0.113. The van der Waals surface area contributed by atoms with Crippen LogP contribution in [0.1, 0.15) is 18.5 Å². The van der Waals surface area contributed by atoms with Gasteiger partial charge < -0.3 is 16.0 Å². The van der Waals surface area contributed by atoms with Crippen molar-refractivity contribution >= 4 is 29.2 Å². The van der Waals surface area contributed by atoms with Gasteiger partial charge in [0, 0.05) is 5.70 Å². The van der Waals surface area contributed by atoms with Crippen LogP contribution in [0.4, 0.5) is 14.9 Å². The summed E-state index contributed by atoms with van der Waals surface area (Å²) in [6.07, 6.45) is 0. The highest BCUT2D eigenvalue weighted by atomic mass is 35.5. The van der Waals surface area contributed by atoms with E-state index in [1.165, 1.54) is 24.3 Å². The summed E-state index contributed by atoms with van der Waals surface area (Å²) in [6, 6.07) is 11.3. The zero-order valence-corrected chi connectivity index (χ0v) is 14.0. The van der Waals surface area contributed by atoms with Crippen molar-refractivity contribution in [3.8, 4) is 0 Å². The SMILES string of the molecule is CC1=C(C(=O)Nc2ccccc2Cl)[C@@H](c2ccc(F)cc2)NC(=O)N1. The van der Waals surface area contributed by atoms with Gasteiger partial charge in [-0.1, -0.05) is 35.9 Å². The predicted octanol–water partition coefficient (Wildman–Crippen LogP) is 3.75. The van der Waals surface area contributed by atoms with Gasteiger partial charge in [0.2, 0.25) is 0 Å². The minimum atomic E-state index is -0.697. The van der Waals surface area contributed by atoms with E-state index in [0.717, 1.165) is 0 Å². The summed E-state index contributed by atoms with van der Waals surface area (Å²) >= 11 is 6.08. The fourth-order valence-corrected chi connectivity index (χ4v) is 2.84. The highest BCUT2D eigenvalue weighted by Gasteiger charge is 2.31. The Morgan fingerprint density at radius 1 is 1.16 bits per heavy atom. The molecule has 0 saturated carbocycles. The van der Waals surface area contributed by atoms with Gasteiger partial charge >= 0.3 is 6.03 Å². The molecule has 0 saturated heterocycles. The first-order valence-corrected chi connectivity index (χ1v) is 7.93. The predicted molar refractivity (Wildman–Crippen MR) is 93.6 cm³/mol. The van der Waals surface area contributed by atoms with Crippen molar-refractivity contribution < 1.29 is 14.0 Å². The number of hydrogen-bond acceptors (Lipinski definition) is 2. The van der Waals surface area contributed by atoms with Gasteiger partial charge in [-0.15, -0.1) is 0 Å². The number of anilines is 1. The molecular formula is C18H15ClFN3O2. The highest BCUT2D eigenvalue weighted by molar-refractivity contribution is 6.33. The Hall–Kier alpha value is -2.86. The van der Waals surface area contributed by atoms with Crippen LogP contribution in [-0.2, 0) is 4.79 Å². The number of carbonyl (C=O) groups is 2. The van der Waals surface area contributed by atoms with E-state index in [1.54, 1.807) is 31.2 Å². The average molecular weight is 360 g/mol. The third-order valence-electron chi connectivity index (χ3n) is 3.84. The zero-order valence-electron chi connectivity index (χ0n) is 13.3. The molecular weight excluding hydrogens is 345 g/mol. The maximum atomic E-state index is 13.2. The van der Waals surface area contributed by atoms with Gasteiger partial charge in [0.05, 0.1) is 22.3 Å². The van der Waals surface area contributed by atoms with E-state index in [0.29, 0.717) is 27.5 Å². The monoisotopic (exact) mass is 359 g/mol. The number of hydrogen-bond donors (Lipinski definition) is 3. The van der Waals surface area contributed by atoms with E-state index >= 15 is 0 Å². The normalized spacial score (nSPS) is 16.9. The molecule has 3 rings (SSSR count). The molecule has 0 spiro atoms. The Morgan fingerprint density at radius 3 is 2.52 bits per heavy atom. The number of halogens is 2. The van der Waals surface area contributed by atoms with Crippen LogP contribution in [0.3, 0.4) is 0 Å². The van der Waals surface area contributed by atoms with Gasteiger partial charge in [0.1, 0.15) is 5.82 Å². The fraction of sp³-hybridized carbons (Fsp3) is 0.111. The largest absolute Gasteiger partial charge is 0.327 e. The van der Waals surface area contributed by atoms with Gasteiger partial charge in [-0.05, 0) is 36.8 Å². The molecule has 1 heterocycles. The average Bonchev–Trinajstić information content (AvgIpc) is 2.57. The van der Waals surface area contributed by atoms with Crippen LogP contribution in [0, 0.1) is 5.82 Å². The van der Waals surface area contributed by atoms with E-state index in [4.69, 9.17) is 11.6 Å².